The molecule has 1 aliphatic carbocycles. The number of carbonyl (C=O) groups excluding carboxylic acids is 1. The molecule has 5 heteroatoms. The van der Waals surface area contributed by atoms with Crippen molar-refractivity contribution in [1.29, 1.82) is 0 Å². The Labute approximate surface area is 111 Å². The zero-order valence-electron chi connectivity index (χ0n) is 10.1. The number of ether oxygens (including phenoxy) is 1. The Kier molecular flexibility index (Phi) is 4.09. The Hall–Kier alpha value is -1.26. The number of carbonyl (C=O) groups is 1. The quantitative estimate of drug-likeness (QED) is 0.883. The third-order valence-electron chi connectivity index (χ3n) is 2.78. The lowest BCUT2D eigenvalue weighted by Crippen LogP contribution is -2.31. The second-order valence-corrected chi connectivity index (χ2v) is 4.91. The van der Waals surface area contributed by atoms with Crippen molar-refractivity contribution in [3.8, 4) is 0 Å². The van der Waals surface area contributed by atoms with E-state index >= 15 is 0 Å². The third kappa shape index (κ3) is 3.37. The normalized spacial score (nSPS) is 17.9. The van der Waals surface area contributed by atoms with Crippen LogP contribution in [-0.4, -0.2) is 23.3 Å². The summed E-state index contributed by atoms with van der Waals surface area (Å²) in [4.78, 5) is 11.6. The van der Waals surface area contributed by atoms with Crippen LogP contribution < -0.4 is 5.32 Å². The molecule has 0 radical (unpaired) electrons. The van der Waals surface area contributed by atoms with Crippen LogP contribution in [0, 0.1) is 0 Å². The van der Waals surface area contributed by atoms with E-state index in [9.17, 15) is 9.90 Å². The van der Waals surface area contributed by atoms with Crippen LogP contribution >= 0.6 is 11.6 Å². The second-order valence-electron chi connectivity index (χ2n) is 4.51. The first-order valence-corrected chi connectivity index (χ1v) is 6.35. The van der Waals surface area contributed by atoms with Gasteiger partial charge in [-0.05, 0) is 25.8 Å². The summed E-state index contributed by atoms with van der Waals surface area (Å²) < 4.78 is 5.25. The number of hydrogen-bond donors (Lipinski definition) is 2. The maximum absolute atomic E-state index is 11.6. The monoisotopic (exact) mass is 269 g/mol. The Bertz CT molecular complexity index is 432. The van der Waals surface area contributed by atoms with Crippen molar-refractivity contribution in [3.63, 3.8) is 0 Å². The van der Waals surface area contributed by atoms with Gasteiger partial charge in [-0.1, -0.05) is 29.8 Å². The predicted octanol–water partition coefficient (Wildman–Crippen LogP) is 2.65. The van der Waals surface area contributed by atoms with Crippen LogP contribution in [0.25, 0.3) is 0 Å². The van der Waals surface area contributed by atoms with E-state index in [2.05, 4.69) is 5.32 Å². The summed E-state index contributed by atoms with van der Waals surface area (Å²) in [6.45, 7) is 1.57. The molecule has 0 heterocycles. The van der Waals surface area contributed by atoms with E-state index in [0.717, 1.165) is 12.8 Å². The van der Waals surface area contributed by atoms with Crippen molar-refractivity contribution in [3.05, 3.63) is 34.9 Å². The largest absolute Gasteiger partial charge is 0.439 e. The van der Waals surface area contributed by atoms with Gasteiger partial charge in [-0.25, -0.2) is 4.79 Å². The zero-order chi connectivity index (χ0) is 13.1. The summed E-state index contributed by atoms with van der Waals surface area (Å²) in [6, 6.07) is 7.24. The smallest absolute Gasteiger partial charge is 0.408 e. The second kappa shape index (κ2) is 5.59. The van der Waals surface area contributed by atoms with Crippen molar-refractivity contribution >= 4 is 17.7 Å². The van der Waals surface area contributed by atoms with Gasteiger partial charge in [0.05, 0.1) is 6.10 Å². The van der Waals surface area contributed by atoms with E-state index < -0.39 is 18.3 Å². The van der Waals surface area contributed by atoms with E-state index in [4.69, 9.17) is 16.3 Å². The number of alkyl carbamates (subject to hydrolysis) is 1. The maximum Gasteiger partial charge on any atom is 0.408 e. The lowest BCUT2D eigenvalue weighted by atomic mass is 10.1. The molecule has 1 aliphatic rings. The highest BCUT2D eigenvalue weighted by Crippen LogP contribution is 2.28. The first kappa shape index (κ1) is 13.2. The lowest BCUT2D eigenvalue weighted by Gasteiger charge is -2.22. The molecule has 18 heavy (non-hydrogen) atoms. The van der Waals surface area contributed by atoms with Crippen LogP contribution in [0.1, 0.15) is 31.4 Å². The van der Waals surface area contributed by atoms with Crippen molar-refractivity contribution in [2.45, 2.75) is 38.0 Å². The highest BCUT2D eigenvalue weighted by atomic mass is 35.5. The van der Waals surface area contributed by atoms with Gasteiger partial charge < -0.3 is 15.2 Å². The number of hydrogen-bond acceptors (Lipinski definition) is 3. The van der Waals surface area contributed by atoms with Gasteiger partial charge in [-0.15, -0.1) is 0 Å². The fraction of sp³-hybridized carbons (Fsp3) is 0.462. The number of nitrogens with one attached hydrogen (secondary N) is 1. The molecule has 98 valence electrons. The highest BCUT2D eigenvalue weighted by molar-refractivity contribution is 6.31. The Morgan fingerprint density at radius 1 is 1.50 bits per heavy atom. The molecule has 4 nitrogen and oxygen atoms in total. The SMILES string of the molecule is CC(O)C(OC(=O)NC1CC1)c1ccccc1Cl. The number of aliphatic hydroxyl groups excluding tert-OH is 1. The first-order valence-electron chi connectivity index (χ1n) is 5.97. The van der Waals surface area contributed by atoms with Crippen LogP contribution in [0.2, 0.25) is 5.02 Å². The molecule has 0 bridgehead atoms. The molecule has 2 rings (SSSR count). The highest BCUT2D eigenvalue weighted by Gasteiger charge is 2.28. The van der Waals surface area contributed by atoms with Crippen LogP contribution in [-0.2, 0) is 4.74 Å². The standard InChI is InChI=1S/C13H16ClNO3/c1-8(16)12(10-4-2-3-5-11(10)14)18-13(17)15-9-6-7-9/h2-5,8-9,12,16H,6-7H2,1H3,(H,15,17). The molecule has 2 unspecified atom stereocenters. The Balaban J connectivity index is 2.07. The molecule has 0 aromatic heterocycles. The summed E-state index contributed by atoms with van der Waals surface area (Å²) in [6.07, 6.45) is -0.114. The minimum absolute atomic E-state index is 0.221. The average molecular weight is 270 g/mol. The van der Waals surface area contributed by atoms with Gasteiger partial charge in [0, 0.05) is 16.6 Å². The molecule has 1 fully saturated rings. The molecule has 0 saturated heterocycles. The van der Waals surface area contributed by atoms with Crippen LogP contribution in [0.5, 0.6) is 0 Å². The summed E-state index contributed by atoms with van der Waals surface area (Å²) in [5, 5.41) is 12.9. The fourth-order valence-electron chi connectivity index (χ4n) is 1.67. The number of amides is 1. The lowest BCUT2D eigenvalue weighted by molar-refractivity contribution is 0.0106. The van der Waals surface area contributed by atoms with Crippen molar-refractivity contribution < 1.29 is 14.6 Å². The zero-order valence-corrected chi connectivity index (χ0v) is 10.9. The van der Waals surface area contributed by atoms with Crippen molar-refractivity contribution in [2.24, 2.45) is 0 Å². The molecular weight excluding hydrogens is 254 g/mol. The summed E-state index contributed by atoms with van der Waals surface area (Å²) in [7, 11) is 0. The molecule has 1 aromatic rings. The number of aliphatic hydroxyl groups is 1. The van der Waals surface area contributed by atoms with Crippen molar-refractivity contribution in [1.82, 2.24) is 5.32 Å². The number of benzene rings is 1. The van der Waals surface area contributed by atoms with E-state index in [1.807, 2.05) is 0 Å². The van der Waals surface area contributed by atoms with Gasteiger partial charge >= 0.3 is 6.09 Å². The van der Waals surface area contributed by atoms with Gasteiger partial charge in [0.1, 0.15) is 0 Å². The van der Waals surface area contributed by atoms with E-state index in [-0.39, 0.29) is 6.04 Å². The van der Waals surface area contributed by atoms with Gasteiger partial charge in [0.2, 0.25) is 0 Å². The maximum atomic E-state index is 11.6. The molecule has 1 aromatic carbocycles. The van der Waals surface area contributed by atoms with E-state index in [1.165, 1.54) is 0 Å². The van der Waals surface area contributed by atoms with E-state index in [1.54, 1.807) is 31.2 Å². The average Bonchev–Trinajstić information content (AvgIpc) is 3.10. The molecule has 0 aliphatic heterocycles. The molecule has 1 amide bonds. The van der Waals surface area contributed by atoms with Gasteiger partial charge in [-0.3, -0.25) is 0 Å². The van der Waals surface area contributed by atoms with Gasteiger partial charge in [0.15, 0.2) is 6.10 Å². The van der Waals surface area contributed by atoms with Crippen LogP contribution in [0.3, 0.4) is 0 Å². The summed E-state index contributed by atoms with van der Waals surface area (Å²) in [5.74, 6) is 0. The fourth-order valence-corrected chi connectivity index (χ4v) is 1.91. The Morgan fingerprint density at radius 2 is 2.17 bits per heavy atom. The molecule has 1 saturated carbocycles. The Morgan fingerprint density at radius 3 is 2.72 bits per heavy atom. The minimum Gasteiger partial charge on any atom is -0.439 e. The van der Waals surface area contributed by atoms with Crippen LogP contribution in [0.4, 0.5) is 4.79 Å². The summed E-state index contributed by atoms with van der Waals surface area (Å²) >= 11 is 6.04. The number of halogens is 1. The topological polar surface area (TPSA) is 58.6 Å². The molecule has 2 atom stereocenters. The van der Waals surface area contributed by atoms with E-state index in [0.29, 0.717) is 10.6 Å². The van der Waals surface area contributed by atoms with Crippen molar-refractivity contribution in [2.75, 3.05) is 0 Å². The van der Waals surface area contributed by atoms with Crippen LogP contribution in [0.15, 0.2) is 24.3 Å². The van der Waals surface area contributed by atoms with Gasteiger partial charge in [-0.2, -0.15) is 0 Å². The first-order chi connectivity index (χ1) is 8.58. The predicted molar refractivity (Wildman–Crippen MR) is 68.5 cm³/mol. The third-order valence-corrected chi connectivity index (χ3v) is 3.13. The molecular formula is C13H16ClNO3. The molecule has 0 spiro atoms. The summed E-state index contributed by atoms with van der Waals surface area (Å²) in [5.41, 5.74) is 0.611. The number of rotatable bonds is 4. The molecule has 2 N–H and O–H groups in total. The minimum atomic E-state index is -0.824. The van der Waals surface area contributed by atoms with Gasteiger partial charge in [0.25, 0.3) is 0 Å².